The molecule has 0 N–H and O–H groups in total. The highest BCUT2D eigenvalue weighted by molar-refractivity contribution is 5.28. The summed E-state index contributed by atoms with van der Waals surface area (Å²) in [5.41, 5.74) is 0.424. The van der Waals surface area contributed by atoms with Gasteiger partial charge in [0, 0.05) is 13.8 Å². The summed E-state index contributed by atoms with van der Waals surface area (Å²) in [6.07, 6.45) is 7.14. The molecule has 18 heavy (non-hydrogen) atoms. The van der Waals surface area contributed by atoms with Crippen molar-refractivity contribution >= 4 is 0 Å². The third-order valence-corrected chi connectivity index (χ3v) is 3.08. The Morgan fingerprint density at radius 2 is 1.94 bits per heavy atom. The Bertz CT molecular complexity index is 482. The average molecular weight is 242 g/mol. The molecule has 1 saturated heterocycles. The Labute approximate surface area is 109 Å². The second kappa shape index (κ2) is 4.51. The van der Waals surface area contributed by atoms with Crippen LogP contribution in [0.15, 0.2) is 42.7 Å². The number of rotatable bonds is 3. The molecular formula is C16H18O2. The molecule has 0 bridgehead atoms. The van der Waals surface area contributed by atoms with Crippen molar-refractivity contribution in [3.63, 3.8) is 0 Å². The standard InChI is InChI=1S/C16H18O2/c1-5-16(13(2)17-15(3,4)18-16)12-11-14-9-7-6-8-10-14/h1,6-10H,2,11-12H2,3-4H3. The fourth-order valence-corrected chi connectivity index (χ4v) is 2.21. The van der Waals surface area contributed by atoms with E-state index in [0.29, 0.717) is 12.2 Å². The predicted octanol–water partition coefficient (Wildman–Crippen LogP) is 3.29. The van der Waals surface area contributed by atoms with Crippen molar-refractivity contribution < 1.29 is 9.47 Å². The summed E-state index contributed by atoms with van der Waals surface area (Å²) < 4.78 is 11.4. The SMILES string of the molecule is C#CC1(CCc2ccccc2)OC(C)(C)OC1=C. The average Bonchev–Trinajstić information content (AvgIpc) is 2.58. The van der Waals surface area contributed by atoms with Crippen LogP contribution < -0.4 is 0 Å². The van der Waals surface area contributed by atoms with Gasteiger partial charge in [0.15, 0.2) is 5.60 Å². The number of terminal acetylenes is 1. The molecule has 1 heterocycles. The molecule has 2 nitrogen and oxygen atoms in total. The summed E-state index contributed by atoms with van der Waals surface area (Å²) in [7, 11) is 0. The fraction of sp³-hybridized carbons (Fsp3) is 0.375. The van der Waals surface area contributed by atoms with E-state index in [1.54, 1.807) is 0 Å². The van der Waals surface area contributed by atoms with Crippen molar-refractivity contribution in [3.05, 3.63) is 48.2 Å². The van der Waals surface area contributed by atoms with Gasteiger partial charge in [-0.25, -0.2) is 0 Å². The molecule has 0 aromatic heterocycles. The Morgan fingerprint density at radius 1 is 1.28 bits per heavy atom. The third kappa shape index (κ3) is 2.42. The number of benzene rings is 1. The van der Waals surface area contributed by atoms with E-state index in [1.165, 1.54) is 5.56 Å². The van der Waals surface area contributed by atoms with Gasteiger partial charge in [-0.05, 0) is 18.4 Å². The van der Waals surface area contributed by atoms with Crippen LogP contribution in [0.1, 0.15) is 25.8 Å². The maximum absolute atomic E-state index is 5.86. The van der Waals surface area contributed by atoms with Crippen molar-refractivity contribution in [1.82, 2.24) is 0 Å². The van der Waals surface area contributed by atoms with Crippen LogP contribution in [0.4, 0.5) is 0 Å². The highest BCUT2D eigenvalue weighted by Gasteiger charge is 2.48. The highest BCUT2D eigenvalue weighted by Crippen LogP contribution is 2.40. The zero-order valence-corrected chi connectivity index (χ0v) is 10.9. The van der Waals surface area contributed by atoms with Gasteiger partial charge in [0.05, 0.1) is 0 Å². The molecule has 0 radical (unpaired) electrons. The number of hydrogen-bond donors (Lipinski definition) is 0. The zero-order valence-electron chi connectivity index (χ0n) is 10.9. The van der Waals surface area contributed by atoms with Crippen molar-refractivity contribution in [2.45, 2.75) is 38.1 Å². The minimum Gasteiger partial charge on any atom is -0.464 e. The monoisotopic (exact) mass is 242 g/mol. The van der Waals surface area contributed by atoms with Gasteiger partial charge in [-0.3, -0.25) is 0 Å². The molecule has 1 aliphatic heterocycles. The highest BCUT2D eigenvalue weighted by atomic mass is 16.8. The second-order valence-electron chi connectivity index (χ2n) is 4.98. The summed E-state index contributed by atoms with van der Waals surface area (Å²) >= 11 is 0. The number of ether oxygens (including phenoxy) is 2. The van der Waals surface area contributed by atoms with E-state index in [9.17, 15) is 0 Å². The van der Waals surface area contributed by atoms with Gasteiger partial charge in [0.1, 0.15) is 5.76 Å². The molecule has 1 atom stereocenters. The molecule has 2 heteroatoms. The van der Waals surface area contributed by atoms with Gasteiger partial charge >= 0.3 is 0 Å². The van der Waals surface area contributed by atoms with E-state index in [-0.39, 0.29) is 0 Å². The van der Waals surface area contributed by atoms with Gasteiger partial charge in [0.2, 0.25) is 5.79 Å². The van der Waals surface area contributed by atoms with Crippen LogP contribution in [-0.2, 0) is 15.9 Å². The van der Waals surface area contributed by atoms with Crippen LogP contribution in [-0.4, -0.2) is 11.4 Å². The maximum atomic E-state index is 5.86. The molecule has 0 amide bonds. The lowest BCUT2D eigenvalue weighted by atomic mass is 9.94. The van der Waals surface area contributed by atoms with Crippen LogP contribution in [0.25, 0.3) is 0 Å². The third-order valence-electron chi connectivity index (χ3n) is 3.08. The van der Waals surface area contributed by atoms with Crippen LogP contribution in [0.2, 0.25) is 0 Å². The van der Waals surface area contributed by atoms with E-state index in [1.807, 2.05) is 32.0 Å². The molecular weight excluding hydrogens is 224 g/mol. The largest absolute Gasteiger partial charge is 0.464 e. The molecule has 2 rings (SSSR count). The van der Waals surface area contributed by atoms with E-state index in [4.69, 9.17) is 15.9 Å². The molecule has 1 aromatic carbocycles. The molecule has 1 unspecified atom stereocenters. The molecule has 0 aliphatic carbocycles. The summed E-state index contributed by atoms with van der Waals surface area (Å²) in [5, 5.41) is 0. The summed E-state index contributed by atoms with van der Waals surface area (Å²) in [4.78, 5) is 0. The van der Waals surface area contributed by atoms with Crippen molar-refractivity contribution in [1.29, 1.82) is 0 Å². The first-order valence-electron chi connectivity index (χ1n) is 6.08. The molecule has 0 spiro atoms. The van der Waals surface area contributed by atoms with Crippen LogP contribution in [0.5, 0.6) is 0 Å². The van der Waals surface area contributed by atoms with Gasteiger partial charge in [-0.1, -0.05) is 42.8 Å². The van der Waals surface area contributed by atoms with Gasteiger partial charge in [0.25, 0.3) is 0 Å². The van der Waals surface area contributed by atoms with E-state index < -0.39 is 11.4 Å². The summed E-state index contributed by atoms with van der Waals surface area (Å²) in [6, 6.07) is 10.2. The van der Waals surface area contributed by atoms with Crippen LogP contribution in [0, 0.1) is 12.3 Å². The Balaban J connectivity index is 2.11. The Hall–Kier alpha value is -1.72. The lowest BCUT2D eigenvalue weighted by Gasteiger charge is -2.22. The zero-order chi connectivity index (χ0) is 13.2. The van der Waals surface area contributed by atoms with Gasteiger partial charge < -0.3 is 9.47 Å². The first-order chi connectivity index (χ1) is 8.47. The molecule has 1 aromatic rings. The molecule has 1 fully saturated rings. The first-order valence-corrected chi connectivity index (χ1v) is 6.08. The topological polar surface area (TPSA) is 18.5 Å². The number of hydrogen-bond acceptors (Lipinski definition) is 2. The van der Waals surface area contributed by atoms with Crippen LogP contribution in [0.3, 0.4) is 0 Å². The van der Waals surface area contributed by atoms with Gasteiger partial charge in [-0.2, -0.15) is 0 Å². The maximum Gasteiger partial charge on any atom is 0.206 e. The van der Waals surface area contributed by atoms with E-state index in [2.05, 4.69) is 24.6 Å². The Kier molecular flexibility index (Phi) is 3.19. The normalized spacial score (nSPS) is 25.5. The number of aryl methyl sites for hydroxylation is 1. The smallest absolute Gasteiger partial charge is 0.206 e. The predicted molar refractivity (Wildman–Crippen MR) is 71.7 cm³/mol. The lowest BCUT2D eigenvalue weighted by molar-refractivity contribution is -0.147. The Morgan fingerprint density at radius 3 is 2.44 bits per heavy atom. The minimum atomic E-state index is -0.806. The molecule has 94 valence electrons. The van der Waals surface area contributed by atoms with Crippen molar-refractivity contribution in [2.75, 3.05) is 0 Å². The van der Waals surface area contributed by atoms with Crippen molar-refractivity contribution in [2.24, 2.45) is 0 Å². The van der Waals surface area contributed by atoms with Gasteiger partial charge in [-0.15, -0.1) is 6.42 Å². The second-order valence-corrected chi connectivity index (χ2v) is 4.98. The molecule has 0 saturated carbocycles. The van der Waals surface area contributed by atoms with Crippen LogP contribution >= 0.6 is 0 Å². The summed E-state index contributed by atoms with van der Waals surface area (Å²) in [6.45, 7) is 7.59. The molecule has 1 aliphatic rings. The summed E-state index contributed by atoms with van der Waals surface area (Å²) in [5.74, 6) is 2.55. The fourth-order valence-electron chi connectivity index (χ4n) is 2.21. The van der Waals surface area contributed by atoms with E-state index in [0.717, 1.165) is 6.42 Å². The quantitative estimate of drug-likeness (QED) is 0.757. The minimum absolute atomic E-state index is 0.533. The first kappa shape index (κ1) is 12.7. The van der Waals surface area contributed by atoms with Crippen molar-refractivity contribution in [3.8, 4) is 12.3 Å². The lowest BCUT2D eigenvalue weighted by Crippen LogP contribution is -2.32. The van der Waals surface area contributed by atoms with E-state index >= 15 is 0 Å².